The van der Waals surface area contributed by atoms with Crippen LogP contribution in [-0.2, 0) is 11.0 Å². The van der Waals surface area contributed by atoms with Gasteiger partial charge in [-0.3, -0.25) is 4.79 Å². The Morgan fingerprint density at radius 3 is 2.14 bits per heavy atom. The molecule has 2 aromatic rings. The molecule has 8 heteroatoms. The van der Waals surface area contributed by atoms with Crippen LogP contribution in [0.5, 0.6) is 0 Å². The minimum Gasteiger partial charge on any atom is -0.353 e. The molecule has 1 aromatic carbocycles. The minimum atomic E-state index is -4.40. The van der Waals surface area contributed by atoms with Crippen molar-refractivity contribution in [1.29, 1.82) is 0 Å². The highest BCUT2D eigenvalue weighted by Gasteiger charge is 2.32. The van der Waals surface area contributed by atoms with Crippen LogP contribution in [0.25, 0.3) is 0 Å². The van der Waals surface area contributed by atoms with E-state index < -0.39 is 11.7 Å². The van der Waals surface area contributed by atoms with Gasteiger partial charge >= 0.3 is 6.18 Å². The number of amides is 1. The number of pyridine rings is 1. The summed E-state index contributed by atoms with van der Waals surface area (Å²) in [5.74, 6) is 0.409. The summed E-state index contributed by atoms with van der Waals surface area (Å²) in [4.78, 5) is 20.8. The Labute approximate surface area is 173 Å². The van der Waals surface area contributed by atoms with E-state index in [4.69, 9.17) is 11.6 Å². The van der Waals surface area contributed by atoms with Crippen molar-refractivity contribution in [3.05, 3.63) is 58.7 Å². The molecular formula is C21H23ClF3N3O. The number of carbonyl (C=O) groups is 1. The molecule has 0 spiro atoms. The van der Waals surface area contributed by atoms with Crippen LogP contribution in [0.3, 0.4) is 0 Å². The van der Waals surface area contributed by atoms with E-state index in [1.807, 2.05) is 35.8 Å². The molecule has 1 aromatic heterocycles. The highest BCUT2D eigenvalue weighted by atomic mass is 35.5. The lowest BCUT2D eigenvalue weighted by Crippen LogP contribution is -2.50. The largest absolute Gasteiger partial charge is 0.417 e. The predicted octanol–water partition coefficient (Wildman–Crippen LogP) is 4.84. The molecule has 4 nitrogen and oxygen atoms in total. The molecule has 0 saturated carbocycles. The summed E-state index contributed by atoms with van der Waals surface area (Å²) in [6.45, 7) is 6.07. The third-order valence-electron chi connectivity index (χ3n) is 5.15. The van der Waals surface area contributed by atoms with Gasteiger partial charge in [0.25, 0.3) is 0 Å². The van der Waals surface area contributed by atoms with Crippen molar-refractivity contribution >= 4 is 23.3 Å². The summed E-state index contributed by atoms with van der Waals surface area (Å²) >= 11 is 5.96. The van der Waals surface area contributed by atoms with Crippen molar-refractivity contribution in [2.24, 2.45) is 5.92 Å². The lowest BCUT2D eigenvalue weighted by atomic mass is 9.87. The summed E-state index contributed by atoms with van der Waals surface area (Å²) in [7, 11) is 0. The van der Waals surface area contributed by atoms with Crippen molar-refractivity contribution < 1.29 is 18.0 Å². The van der Waals surface area contributed by atoms with Gasteiger partial charge in [-0.1, -0.05) is 37.6 Å². The number of hydrogen-bond acceptors (Lipinski definition) is 3. The minimum absolute atomic E-state index is 0.0577. The number of hydrogen-bond donors (Lipinski definition) is 0. The molecular weight excluding hydrogens is 403 g/mol. The van der Waals surface area contributed by atoms with Crippen molar-refractivity contribution in [2.45, 2.75) is 25.9 Å². The monoisotopic (exact) mass is 425 g/mol. The van der Waals surface area contributed by atoms with Crippen LogP contribution in [0.4, 0.5) is 19.0 Å². The number of rotatable bonds is 4. The SMILES string of the molecule is CC(C)[C@@H](C(=O)N1CCN(c2ccc(C(F)(F)F)cn2)CC1)c1ccc(Cl)cc1. The van der Waals surface area contributed by atoms with Crippen LogP contribution in [0.1, 0.15) is 30.9 Å². The summed E-state index contributed by atoms with van der Waals surface area (Å²) in [6.07, 6.45) is -3.55. The maximum atomic E-state index is 13.2. The fraction of sp³-hybridized carbons (Fsp3) is 0.429. The Morgan fingerprint density at radius 1 is 1.03 bits per heavy atom. The van der Waals surface area contributed by atoms with Crippen molar-refractivity contribution in [3.63, 3.8) is 0 Å². The van der Waals surface area contributed by atoms with Crippen LogP contribution in [0.2, 0.25) is 5.02 Å². The number of halogens is 4. The summed E-state index contributed by atoms with van der Waals surface area (Å²) < 4.78 is 38.1. The number of aromatic nitrogens is 1. The zero-order valence-corrected chi connectivity index (χ0v) is 17.0. The Balaban J connectivity index is 1.66. The van der Waals surface area contributed by atoms with Crippen LogP contribution in [0.15, 0.2) is 42.6 Å². The Hall–Kier alpha value is -2.28. The molecule has 0 aliphatic carbocycles. The second kappa shape index (κ2) is 8.61. The first-order chi connectivity index (χ1) is 13.7. The van der Waals surface area contributed by atoms with Gasteiger partial charge in [0.15, 0.2) is 0 Å². The summed E-state index contributed by atoms with van der Waals surface area (Å²) in [5.41, 5.74) is 0.166. The van der Waals surface area contributed by atoms with Crippen LogP contribution in [0, 0.1) is 5.92 Å². The molecule has 0 radical (unpaired) electrons. The molecule has 0 bridgehead atoms. The van der Waals surface area contributed by atoms with Crippen LogP contribution < -0.4 is 4.90 Å². The first kappa shape index (κ1) is 21.4. The molecule has 156 valence electrons. The van der Waals surface area contributed by atoms with Crippen LogP contribution in [-0.4, -0.2) is 42.0 Å². The molecule has 0 unspecified atom stereocenters. The van der Waals surface area contributed by atoms with E-state index in [9.17, 15) is 18.0 Å². The van der Waals surface area contributed by atoms with E-state index in [0.29, 0.717) is 37.0 Å². The van der Waals surface area contributed by atoms with Crippen molar-refractivity contribution in [2.75, 3.05) is 31.1 Å². The molecule has 1 saturated heterocycles. The molecule has 0 N–H and O–H groups in total. The average molecular weight is 426 g/mol. The third-order valence-corrected chi connectivity index (χ3v) is 5.40. The van der Waals surface area contributed by atoms with Gasteiger partial charge in [0.05, 0.1) is 11.5 Å². The lowest BCUT2D eigenvalue weighted by molar-refractivity contribution is -0.138. The summed E-state index contributed by atoms with van der Waals surface area (Å²) in [5, 5.41) is 0.626. The molecule has 29 heavy (non-hydrogen) atoms. The normalized spacial score (nSPS) is 16.2. The van der Waals surface area contributed by atoms with E-state index in [1.165, 1.54) is 6.07 Å². The number of anilines is 1. The molecule has 1 aliphatic heterocycles. The number of carbonyl (C=O) groups excluding carboxylic acids is 1. The first-order valence-electron chi connectivity index (χ1n) is 9.49. The Kier molecular flexibility index (Phi) is 6.36. The van der Waals surface area contributed by atoms with Gasteiger partial charge in [-0.2, -0.15) is 13.2 Å². The first-order valence-corrected chi connectivity index (χ1v) is 9.87. The van der Waals surface area contributed by atoms with Gasteiger partial charge < -0.3 is 9.80 Å². The summed E-state index contributed by atoms with van der Waals surface area (Å²) in [6, 6.07) is 9.75. The second-order valence-corrected chi connectivity index (χ2v) is 7.92. The molecule has 1 amide bonds. The van der Waals surface area contributed by atoms with E-state index in [0.717, 1.165) is 17.8 Å². The highest BCUT2D eigenvalue weighted by molar-refractivity contribution is 6.30. The molecule has 1 aliphatic rings. The Morgan fingerprint density at radius 2 is 1.66 bits per heavy atom. The van der Waals surface area contributed by atoms with E-state index in [2.05, 4.69) is 4.98 Å². The number of alkyl halides is 3. The van der Waals surface area contributed by atoms with E-state index >= 15 is 0 Å². The topological polar surface area (TPSA) is 36.4 Å². The zero-order chi connectivity index (χ0) is 21.2. The fourth-order valence-corrected chi connectivity index (χ4v) is 3.70. The third kappa shape index (κ3) is 5.01. The van der Waals surface area contributed by atoms with Crippen molar-refractivity contribution in [1.82, 2.24) is 9.88 Å². The van der Waals surface area contributed by atoms with Crippen molar-refractivity contribution in [3.8, 4) is 0 Å². The predicted molar refractivity (Wildman–Crippen MR) is 107 cm³/mol. The maximum absolute atomic E-state index is 13.2. The zero-order valence-electron chi connectivity index (χ0n) is 16.3. The van der Waals surface area contributed by atoms with E-state index in [-0.39, 0.29) is 17.7 Å². The maximum Gasteiger partial charge on any atom is 0.417 e. The molecule has 3 rings (SSSR count). The smallest absolute Gasteiger partial charge is 0.353 e. The van der Waals surface area contributed by atoms with Crippen LogP contribution >= 0.6 is 11.6 Å². The molecule has 2 heterocycles. The average Bonchev–Trinajstić information content (AvgIpc) is 2.69. The van der Waals surface area contributed by atoms with Gasteiger partial charge in [0.2, 0.25) is 5.91 Å². The number of benzene rings is 1. The highest BCUT2D eigenvalue weighted by Crippen LogP contribution is 2.30. The number of nitrogens with zero attached hydrogens (tertiary/aromatic N) is 3. The van der Waals surface area contributed by atoms with Gasteiger partial charge in [0, 0.05) is 37.4 Å². The standard InChI is InChI=1S/C21H23ClF3N3O/c1-14(2)19(15-3-6-17(22)7-4-15)20(29)28-11-9-27(10-12-28)18-8-5-16(13-26-18)21(23,24)25/h3-8,13-14,19H,9-12H2,1-2H3/t19-/m1/s1. The van der Waals surface area contributed by atoms with Gasteiger partial charge in [-0.25, -0.2) is 4.98 Å². The Bertz CT molecular complexity index is 830. The van der Waals surface area contributed by atoms with E-state index in [1.54, 1.807) is 12.1 Å². The van der Waals surface area contributed by atoms with Gasteiger partial charge in [-0.15, -0.1) is 0 Å². The lowest BCUT2D eigenvalue weighted by Gasteiger charge is -2.37. The quantitative estimate of drug-likeness (QED) is 0.703. The molecule has 1 atom stereocenters. The molecule has 1 fully saturated rings. The second-order valence-electron chi connectivity index (χ2n) is 7.49. The number of piperazine rings is 1. The fourth-order valence-electron chi connectivity index (χ4n) is 3.58. The van der Waals surface area contributed by atoms with Gasteiger partial charge in [0.1, 0.15) is 5.82 Å². The van der Waals surface area contributed by atoms with Gasteiger partial charge in [-0.05, 0) is 35.7 Å².